The summed E-state index contributed by atoms with van der Waals surface area (Å²) in [5.41, 5.74) is 4.91. The van der Waals surface area contributed by atoms with Crippen molar-refractivity contribution in [1.29, 1.82) is 0 Å². The highest BCUT2D eigenvalue weighted by molar-refractivity contribution is 6.06. The molecule has 0 unspecified atom stereocenters. The fourth-order valence-electron chi connectivity index (χ4n) is 1.60. The Morgan fingerprint density at radius 2 is 2.10 bits per heavy atom. The Kier molecular flexibility index (Phi) is 3.64. The summed E-state index contributed by atoms with van der Waals surface area (Å²) in [7, 11) is 0. The third-order valence-corrected chi connectivity index (χ3v) is 2.57. The Hall–Kier alpha value is -2.51. The Morgan fingerprint density at radius 3 is 2.70 bits per heavy atom. The van der Waals surface area contributed by atoms with Crippen molar-refractivity contribution < 1.29 is 18.0 Å². The van der Waals surface area contributed by atoms with Crippen molar-refractivity contribution in [2.75, 3.05) is 11.1 Å². The lowest BCUT2D eigenvalue weighted by Crippen LogP contribution is -2.16. The van der Waals surface area contributed by atoms with Gasteiger partial charge in [0.15, 0.2) is 17.3 Å². The molecule has 20 heavy (non-hydrogen) atoms. The van der Waals surface area contributed by atoms with Gasteiger partial charge < -0.3 is 11.1 Å². The molecule has 0 aliphatic heterocycles. The maximum Gasteiger partial charge on any atom is 0.278 e. The zero-order valence-electron chi connectivity index (χ0n) is 10.5. The zero-order chi connectivity index (χ0) is 14.9. The number of amides is 1. The van der Waals surface area contributed by atoms with Crippen molar-refractivity contribution >= 4 is 17.3 Å². The number of carbonyl (C=O) groups excluding carboxylic acids is 1. The number of benzene rings is 1. The molecule has 106 valence electrons. The first-order chi connectivity index (χ1) is 9.42. The van der Waals surface area contributed by atoms with E-state index in [0.29, 0.717) is 18.7 Å². The van der Waals surface area contributed by atoms with Gasteiger partial charge in [0.2, 0.25) is 0 Å². The number of hydrogen-bond acceptors (Lipinski definition) is 3. The molecule has 0 saturated heterocycles. The molecule has 0 saturated carbocycles. The molecule has 1 aromatic heterocycles. The van der Waals surface area contributed by atoms with Gasteiger partial charge in [-0.2, -0.15) is 5.10 Å². The molecule has 1 heterocycles. The van der Waals surface area contributed by atoms with Crippen LogP contribution in [0.1, 0.15) is 17.4 Å². The zero-order valence-corrected chi connectivity index (χ0v) is 10.5. The summed E-state index contributed by atoms with van der Waals surface area (Å²) in [6, 6.07) is 1.05. The number of hydrogen-bond donors (Lipinski definition) is 2. The standard InChI is InChI=1S/C12H11F3N4O/c1-2-19-5-8(16)11(18-19)12(20)17-9-4-6(13)3-7(14)10(9)15/h3-5H,2,16H2,1H3,(H,17,20). The number of aryl methyl sites for hydroxylation is 1. The number of rotatable bonds is 3. The minimum absolute atomic E-state index is 0.0848. The second-order valence-corrected chi connectivity index (χ2v) is 3.99. The fourth-order valence-corrected chi connectivity index (χ4v) is 1.60. The molecule has 2 aromatic rings. The maximum absolute atomic E-state index is 13.4. The summed E-state index contributed by atoms with van der Waals surface area (Å²) in [4.78, 5) is 11.9. The van der Waals surface area contributed by atoms with Gasteiger partial charge in [-0.05, 0) is 6.92 Å². The predicted molar refractivity (Wildman–Crippen MR) is 66.6 cm³/mol. The van der Waals surface area contributed by atoms with E-state index >= 15 is 0 Å². The molecule has 8 heteroatoms. The molecule has 0 atom stereocenters. The lowest BCUT2D eigenvalue weighted by molar-refractivity contribution is 0.102. The lowest BCUT2D eigenvalue weighted by atomic mass is 10.2. The van der Waals surface area contributed by atoms with Crippen molar-refractivity contribution in [2.45, 2.75) is 13.5 Å². The SMILES string of the molecule is CCn1cc(N)c(C(=O)Nc2cc(F)cc(F)c2F)n1. The first-order valence-electron chi connectivity index (χ1n) is 5.71. The van der Waals surface area contributed by atoms with Crippen LogP contribution < -0.4 is 11.1 Å². The molecular formula is C12H11F3N4O. The summed E-state index contributed by atoms with van der Waals surface area (Å²) in [5.74, 6) is -4.61. The number of anilines is 2. The molecule has 1 amide bonds. The molecule has 0 bridgehead atoms. The number of nitrogen functional groups attached to an aromatic ring is 1. The Morgan fingerprint density at radius 1 is 1.40 bits per heavy atom. The second-order valence-electron chi connectivity index (χ2n) is 3.99. The molecule has 0 aliphatic rings. The topological polar surface area (TPSA) is 72.9 Å². The Bertz CT molecular complexity index is 669. The van der Waals surface area contributed by atoms with Crippen LogP contribution in [0, 0.1) is 17.5 Å². The first kappa shape index (κ1) is 13.9. The summed E-state index contributed by atoms with van der Waals surface area (Å²) in [6.45, 7) is 2.27. The lowest BCUT2D eigenvalue weighted by Gasteiger charge is -2.06. The minimum Gasteiger partial charge on any atom is -0.396 e. The van der Waals surface area contributed by atoms with Gasteiger partial charge in [0.25, 0.3) is 5.91 Å². The van der Waals surface area contributed by atoms with E-state index in [0.717, 1.165) is 0 Å². The first-order valence-corrected chi connectivity index (χ1v) is 5.71. The van der Waals surface area contributed by atoms with Gasteiger partial charge in [-0.25, -0.2) is 13.2 Å². The highest BCUT2D eigenvalue weighted by Crippen LogP contribution is 2.20. The van der Waals surface area contributed by atoms with Crippen LogP contribution in [-0.4, -0.2) is 15.7 Å². The van der Waals surface area contributed by atoms with Crippen LogP contribution in [0.25, 0.3) is 0 Å². The average molecular weight is 284 g/mol. The molecule has 0 spiro atoms. The predicted octanol–water partition coefficient (Wildman–Crippen LogP) is 2.15. The van der Waals surface area contributed by atoms with Gasteiger partial charge in [-0.1, -0.05) is 0 Å². The largest absolute Gasteiger partial charge is 0.396 e. The summed E-state index contributed by atoms with van der Waals surface area (Å²) in [6.07, 6.45) is 1.43. The van der Waals surface area contributed by atoms with Gasteiger partial charge in [-0.15, -0.1) is 0 Å². The normalized spacial score (nSPS) is 10.6. The quantitative estimate of drug-likeness (QED) is 0.848. The van der Waals surface area contributed by atoms with E-state index in [-0.39, 0.29) is 11.4 Å². The average Bonchev–Trinajstić information content (AvgIpc) is 2.76. The number of aromatic nitrogens is 2. The number of nitrogens with one attached hydrogen (secondary N) is 1. The minimum atomic E-state index is -1.40. The molecule has 5 nitrogen and oxygen atoms in total. The van der Waals surface area contributed by atoms with Crippen LogP contribution in [0.3, 0.4) is 0 Å². The van der Waals surface area contributed by atoms with Crippen LogP contribution in [0.15, 0.2) is 18.3 Å². The highest BCUT2D eigenvalue weighted by Gasteiger charge is 2.18. The van der Waals surface area contributed by atoms with Gasteiger partial charge in [0.1, 0.15) is 5.82 Å². The van der Waals surface area contributed by atoms with Gasteiger partial charge >= 0.3 is 0 Å². The summed E-state index contributed by atoms with van der Waals surface area (Å²) >= 11 is 0. The van der Waals surface area contributed by atoms with Crippen LogP contribution in [0.4, 0.5) is 24.5 Å². The van der Waals surface area contributed by atoms with Gasteiger partial charge in [0.05, 0.1) is 11.4 Å². The van der Waals surface area contributed by atoms with E-state index < -0.39 is 29.0 Å². The summed E-state index contributed by atoms with van der Waals surface area (Å²) < 4.78 is 40.8. The van der Waals surface area contributed by atoms with E-state index in [9.17, 15) is 18.0 Å². The van der Waals surface area contributed by atoms with Crippen LogP contribution in [0.5, 0.6) is 0 Å². The maximum atomic E-state index is 13.4. The van der Waals surface area contributed by atoms with E-state index in [1.807, 2.05) is 5.32 Å². The molecule has 0 aliphatic carbocycles. The van der Waals surface area contributed by atoms with Gasteiger partial charge in [0, 0.05) is 24.9 Å². The van der Waals surface area contributed by atoms with Crippen molar-refractivity contribution in [3.05, 3.63) is 41.5 Å². The molecular weight excluding hydrogens is 273 g/mol. The molecule has 3 N–H and O–H groups in total. The third-order valence-electron chi connectivity index (χ3n) is 2.57. The van der Waals surface area contributed by atoms with E-state index in [4.69, 9.17) is 5.73 Å². The Balaban J connectivity index is 2.30. The smallest absolute Gasteiger partial charge is 0.278 e. The fraction of sp³-hybridized carbons (Fsp3) is 0.167. The summed E-state index contributed by atoms with van der Waals surface area (Å²) in [5, 5.41) is 5.91. The van der Waals surface area contributed by atoms with E-state index in [2.05, 4.69) is 5.10 Å². The van der Waals surface area contributed by atoms with E-state index in [1.165, 1.54) is 10.9 Å². The van der Waals surface area contributed by atoms with Crippen molar-refractivity contribution in [1.82, 2.24) is 9.78 Å². The third kappa shape index (κ3) is 2.58. The molecule has 0 radical (unpaired) electrons. The second kappa shape index (κ2) is 5.24. The Labute approximate surface area is 112 Å². The molecule has 0 fully saturated rings. The molecule has 1 aromatic carbocycles. The number of carbonyl (C=O) groups is 1. The van der Waals surface area contributed by atoms with E-state index in [1.54, 1.807) is 6.92 Å². The van der Waals surface area contributed by atoms with Crippen LogP contribution in [0.2, 0.25) is 0 Å². The molecule has 2 rings (SSSR count). The van der Waals surface area contributed by atoms with Crippen molar-refractivity contribution in [3.8, 4) is 0 Å². The van der Waals surface area contributed by atoms with Crippen LogP contribution in [-0.2, 0) is 6.54 Å². The van der Waals surface area contributed by atoms with Crippen molar-refractivity contribution in [2.24, 2.45) is 0 Å². The highest BCUT2D eigenvalue weighted by atomic mass is 19.2. The number of nitrogens with zero attached hydrogens (tertiary/aromatic N) is 2. The number of halogens is 3. The monoisotopic (exact) mass is 284 g/mol. The number of nitrogens with two attached hydrogens (primary N) is 1. The van der Waals surface area contributed by atoms with Crippen LogP contribution >= 0.6 is 0 Å². The van der Waals surface area contributed by atoms with Crippen molar-refractivity contribution in [3.63, 3.8) is 0 Å². The van der Waals surface area contributed by atoms with Gasteiger partial charge in [-0.3, -0.25) is 9.48 Å².